The molecule has 0 radical (unpaired) electrons. The van der Waals surface area contributed by atoms with Gasteiger partial charge in [0, 0.05) is 25.6 Å². The molecule has 4 rings (SSSR count). The van der Waals surface area contributed by atoms with Crippen molar-refractivity contribution < 1.29 is 13.9 Å². The summed E-state index contributed by atoms with van der Waals surface area (Å²) < 4.78 is 11.9. The van der Waals surface area contributed by atoms with E-state index in [0.29, 0.717) is 18.9 Å². The minimum Gasteiger partial charge on any atom is -0.456 e. The Morgan fingerprint density at radius 3 is 2.82 bits per heavy atom. The Labute approximate surface area is 167 Å². The van der Waals surface area contributed by atoms with Gasteiger partial charge < -0.3 is 14.1 Å². The zero-order valence-corrected chi connectivity index (χ0v) is 16.9. The Hall–Kier alpha value is -2.11. The fraction of sp³-hybridized carbons (Fsp3) is 0.522. The molecule has 1 aromatic heterocycles. The number of hydrogen-bond acceptors (Lipinski definition) is 4. The van der Waals surface area contributed by atoms with E-state index >= 15 is 0 Å². The molecule has 1 aromatic carbocycles. The molecule has 1 amide bonds. The number of amides is 1. The second-order valence-electron chi connectivity index (χ2n) is 7.89. The van der Waals surface area contributed by atoms with Crippen molar-refractivity contribution in [2.45, 2.75) is 45.3 Å². The normalized spacial score (nSPS) is 19.6. The lowest BCUT2D eigenvalue weighted by Gasteiger charge is -2.29. The van der Waals surface area contributed by atoms with Gasteiger partial charge in [-0.3, -0.25) is 9.69 Å². The molecular weight excluding hydrogens is 352 g/mol. The topological polar surface area (TPSA) is 45.9 Å². The van der Waals surface area contributed by atoms with Gasteiger partial charge in [-0.1, -0.05) is 31.2 Å². The van der Waals surface area contributed by atoms with E-state index in [-0.39, 0.29) is 12.0 Å². The third-order valence-electron chi connectivity index (χ3n) is 5.90. The fourth-order valence-electron chi connectivity index (χ4n) is 4.33. The second kappa shape index (κ2) is 8.50. The van der Waals surface area contributed by atoms with E-state index in [1.165, 1.54) is 24.0 Å². The lowest BCUT2D eigenvalue weighted by atomic mass is 9.97. The van der Waals surface area contributed by atoms with Gasteiger partial charge in [0.15, 0.2) is 5.76 Å². The van der Waals surface area contributed by atoms with Crippen LogP contribution in [0.4, 0.5) is 0 Å². The predicted octanol–water partition coefficient (Wildman–Crippen LogP) is 3.82. The summed E-state index contributed by atoms with van der Waals surface area (Å²) in [5.41, 5.74) is 3.66. The van der Waals surface area contributed by atoms with Crippen LogP contribution in [0.25, 0.3) is 0 Å². The molecular formula is C23H30N2O3. The van der Waals surface area contributed by atoms with Gasteiger partial charge in [-0.05, 0) is 49.5 Å². The van der Waals surface area contributed by atoms with Crippen LogP contribution in [0.2, 0.25) is 0 Å². The molecule has 0 spiro atoms. The third-order valence-corrected chi connectivity index (χ3v) is 5.90. The number of carbonyl (C=O) groups is 1. The van der Waals surface area contributed by atoms with E-state index in [0.717, 1.165) is 43.8 Å². The number of aryl methyl sites for hydroxylation is 1. The number of rotatable bonds is 6. The number of carbonyl (C=O) groups excluding carboxylic acids is 1. The summed E-state index contributed by atoms with van der Waals surface area (Å²) in [4.78, 5) is 17.2. The lowest BCUT2D eigenvalue weighted by Crippen LogP contribution is -2.33. The maximum atomic E-state index is 13.0. The zero-order chi connectivity index (χ0) is 19.5. The first-order valence-electron chi connectivity index (χ1n) is 10.4. The summed E-state index contributed by atoms with van der Waals surface area (Å²) in [6, 6.07) is 10.3. The van der Waals surface area contributed by atoms with Crippen LogP contribution < -0.4 is 0 Å². The van der Waals surface area contributed by atoms with Crippen LogP contribution >= 0.6 is 0 Å². The highest BCUT2D eigenvalue weighted by atomic mass is 16.5. The van der Waals surface area contributed by atoms with Gasteiger partial charge in [0.1, 0.15) is 11.9 Å². The largest absolute Gasteiger partial charge is 0.456 e. The van der Waals surface area contributed by atoms with Crippen molar-refractivity contribution in [2.24, 2.45) is 0 Å². The van der Waals surface area contributed by atoms with Gasteiger partial charge in [-0.2, -0.15) is 0 Å². The Kier molecular flexibility index (Phi) is 5.83. The quantitative estimate of drug-likeness (QED) is 0.762. The molecule has 28 heavy (non-hydrogen) atoms. The number of likely N-dealkylation sites (N-methyl/N-ethyl adjacent to an activating group) is 1. The average molecular weight is 383 g/mol. The highest BCUT2D eigenvalue weighted by molar-refractivity contribution is 5.91. The summed E-state index contributed by atoms with van der Waals surface area (Å²) in [5, 5.41) is 0. The molecule has 0 saturated carbocycles. The van der Waals surface area contributed by atoms with E-state index in [1.807, 2.05) is 19.2 Å². The van der Waals surface area contributed by atoms with E-state index in [9.17, 15) is 4.79 Å². The number of nitrogens with zero attached hydrogens (tertiary/aromatic N) is 2. The fourth-order valence-corrected chi connectivity index (χ4v) is 4.33. The van der Waals surface area contributed by atoms with Crippen molar-refractivity contribution in [3.8, 4) is 0 Å². The first kappa shape index (κ1) is 19.2. The number of fused-ring (bicyclic) bond motifs is 1. The van der Waals surface area contributed by atoms with Gasteiger partial charge in [-0.25, -0.2) is 0 Å². The summed E-state index contributed by atoms with van der Waals surface area (Å²) in [5.74, 6) is 1.30. The molecule has 0 N–H and O–H groups in total. The average Bonchev–Trinajstić information content (AvgIpc) is 3.37. The van der Waals surface area contributed by atoms with E-state index in [1.54, 1.807) is 4.90 Å². The van der Waals surface area contributed by atoms with Crippen LogP contribution in [0.3, 0.4) is 0 Å². The summed E-state index contributed by atoms with van der Waals surface area (Å²) in [6.45, 7) is 6.45. The van der Waals surface area contributed by atoms with Crippen molar-refractivity contribution in [1.29, 1.82) is 0 Å². The molecule has 5 heteroatoms. The van der Waals surface area contributed by atoms with E-state index in [2.05, 4.69) is 30.0 Å². The number of hydrogen-bond donors (Lipinski definition) is 0. The highest BCUT2D eigenvalue weighted by Crippen LogP contribution is 2.28. The molecule has 3 heterocycles. The molecule has 1 fully saturated rings. The van der Waals surface area contributed by atoms with Crippen LogP contribution in [0.1, 0.15) is 58.9 Å². The number of benzene rings is 1. The van der Waals surface area contributed by atoms with Gasteiger partial charge in [-0.15, -0.1) is 0 Å². The van der Waals surface area contributed by atoms with Crippen molar-refractivity contribution >= 4 is 5.91 Å². The second-order valence-corrected chi connectivity index (χ2v) is 7.89. The van der Waals surface area contributed by atoms with Gasteiger partial charge in [0.25, 0.3) is 5.91 Å². The SMILES string of the molecule is CCc1oc(C(=O)N(C)C[C@H]2OCCc3ccccc32)cc1CN1CCCC1. The van der Waals surface area contributed by atoms with Crippen molar-refractivity contribution in [1.82, 2.24) is 9.80 Å². The lowest BCUT2D eigenvalue weighted by molar-refractivity contribution is 0.0191. The Morgan fingerprint density at radius 2 is 2.04 bits per heavy atom. The van der Waals surface area contributed by atoms with Crippen LogP contribution in [0.5, 0.6) is 0 Å². The van der Waals surface area contributed by atoms with E-state index in [4.69, 9.17) is 9.15 Å². The smallest absolute Gasteiger partial charge is 0.289 e. The van der Waals surface area contributed by atoms with Crippen LogP contribution in [0, 0.1) is 0 Å². The van der Waals surface area contributed by atoms with Gasteiger partial charge in [0.2, 0.25) is 0 Å². The highest BCUT2D eigenvalue weighted by Gasteiger charge is 2.26. The molecule has 150 valence electrons. The summed E-state index contributed by atoms with van der Waals surface area (Å²) >= 11 is 0. The zero-order valence-electron chi connectivity index (χ0n) is 16.9. The first-order chi connectivity index (χ1) is 13.7. The monoisotopic (exact) mass is 382 g/mol. The van der Waals surface area contributed by atoms with Crippen molar-refractivity contribution in [3.05, 3.63) is 58.5 Å². The predicted molar refractivity (Wildman–Crippen MR) is 108 cm³/mol. The van der Waals surface area contributed by atoms with Crippen LogP contribution in [-0.4, -0.2) is 49.0 Å². The van der Waals surface area contributed by atoms with Gasteiger partial charge in [0.05, 0.1) is 13.2 Å². The Balaban J connectivity index is 1.46. The number of ether oxygens (including phenoxy) is 1. The Morgan fingerprint density at radius 1 is 1.25 bits per heavy atom. The van der Waals surface area contributed by atoms with Gasteiger partial charge >= 0.3 is 0 Å². The molecule has 2 aliphatic rings. The third kappa shape index (κ3) is 4.01. The standard InChI is InChI=1S/C23H30N2O3/c1-3-20-18(15-25-11-6-7-12-25)14-21(28-20)23(26)24(2)16-22-19-9-5-4-8-17(19)10-13-27-22/h4-5,8-9,14,22H,3,6-7,10-13,15-16H2,1-2H3/t22-/m1/s1. The summed E-state index contributed by atoms with van der Waals surface area (Å²) in [6.07, 6.45) is 4.18. The molecule has 0 aliphatic carbocycles. The van der Waals surface area contributed by atoms with E-state index < -0.39 is 0 Å². The molecule has 5 nitrogen and oxygen atoms in total. The number of likely N-dealkylation sites (tertiary alicyclic amines) is 1. The molecule has 1 saturated heterocycles. The molecule has 1 atom stereocenters. The first-order valence-corrected chi connectivity index (χ1v) is 10.4. The minimum absolute atomic E-state index is 0.0750. The Bertz CT molecular complexity index is 823. The van der Waals surface area contributed by atoms with Crippen LogP contribution in [0.15, 0.2) is 34.7 Å². The van der Waals surface area contributed by atoms with Crippen molar-refractivity contribution in [2.75, 3.05) is 33.3 Å². The molecule has 0 bridgehead atoms. The maximum absolute atomic E-state index is 13.0. The molecule has 0 unspecified atom stereocenters. The minimum atomic E-state index is -0.0800. The molecule has 2 aliphatic heterocycles. The maximum Gasteiger partial charge on any atom is 0.289 e. The van der Waals surface area contributed by atoms with Crippen LogP contribution in [-0.2, 0) is 24.1 Å². The molecule has 2 aromatic rings. The number of furan rings is 1. The summed E-state index contributed by atoms with van der Waals surface area (Å²) in [7, 11) is 1.83. The van der Waals surface area contributed by atoms with Crippen molar-refractivity contribution in [3.63, 3.8) is 0 Å².